The van der Waals surface area contributed by atoms with E-state index in [-0.39, 0.29) is 44.8 Å². The maximum Gasteiger partial charge on any atom is -1.00 e. The third-order valence-corrected chi connectivity index (χ3v) is 15.3. The van der Waals surface area contributed by atoms with Gasteiger partial charge in [0, 0.05) is 0 Å². The molecular formula is C30H36Br2Zr. The topological polar surface area (TPSA) is 0 Å². The summed E-state index contributed by atoms with van der Waals surface area (Å²) >= 11 is -1.99. The molecule has 3 heteroatoms. The Morgan fingerprint density at radius 2 is 1.45 bits per heavy atom. The van der Waals surface area contributed by atoms with E-state index in [1.165, 1.54) is 47.9 Å². The van der Waals surface area contributed by atoms with Gasteiger partial charge in [0.2, 0.25) is 0 Å². The van der Waals surface area contributed by atoms with Gasteiger partial charge < -0.3 is 34.0 Å². The SMILES string of the molecule is CC(C)(C)c1ccc2c(c1)-c1cc(C(C)(C)C)c[c]([Zr+2]([C]3=CC=CC3)=[C]3CCC3)c1C2.[Br-].[Br-]. The van der Waals surface area contributed by atoms with Gasteiger partial charge in [0.05, 0.1) is 0 Å². The zero-order chi connectivity index (χ0) is 22.0. The molecule has 0 bridgehead atoms. The average Bonchev–Trinajstić information content (AvgIpc) is 3.29. The number of halogens is 2. The predicted octanol–water partition coefficient (Wildman–Crippen LogP) is 1.30. The van der Waals surface area contributed by atoms with E-state index in [2.05, 4.69) is 90.1 Å². The summed E-state index contributed by atoms with van der Waals surface area (Å²) < 4.78 is 5.55. The molecule has 0 amide bonds. The van der Waals surface area contributed by atoms with Crippen molar-refractivity contribution in [1.82, 2.24) is 0 Å². The number of hydrogen-bond donors (Lipinski definition) is 0. The van der Waals surface area contributed by atoms with Gasteiger partial charge in [-0.15, -0.1) is 0 Å². The minimum absolute atomic E-state index is 0. The Balaban J connectivity index is 0.00000153. The Kier molecular flexibility index (Phi) is 8.20. The Morgan fingerprint density at radius 1 is 0.788 bits per heavy atom. The smallest absolute Gasteiger partial charge is 1.00 e. The minimum atomic E-state index is -1.99. The molecule has 0 aromatic heterocycles. The summed E-state index contributed by atoms with van der Waals surface area (Å²) in [5.74, 6) is 0. The maximum atomic E-state index is 2.66. The normalized spacial score (nSPS) is 16.0. The second kappa shape index (κ2) is 9.95. The van der Waals surface area contributed by atoms with Gasteiger partial charge in [0.1, 0.15) is 0 Å². The van der Waals surface area contributed by atoms with Crippen molar-refractivity contribution in [2.75, 3.05) is 0 Å². The second-order valence-electron chi connectivity index (χ2n) is 11.8. The van der Waals surface area contributed by atoms with Gasteiger partial charge in [0.15, 0.2) is 0 Å². The summed E-state index contributed by atoms with van der Waals surface area (Å²) in [7, 11) is 0. The van der Waals surface area contributed by atoms with Crippen LogP contribution in [0.25, 0.3) is 11.1 Å². The van der Waals surface area contributed by atoms with Crippen LogP contribution in [0, 0.1) is 0 Å². The number of fused-ring (bicyclic) bond motifs is 3. The van der Waals surface area contributed by atoms with Crippen molar-refractivity contribution in [3.63, 3.8) is 0 Å². The quantitative estimate of drug-likeness (QED) is 0.394. The van der Waals surface area contributed by atoms with Crippen LogP contribution < -0.4 is 37.2 Å². The molecule has 174 valence electrons. The van der Waals surface area contributed by atoms with Crippen LogP contribution in [0.4, 0.5) is 0 Å². The van der Waals surface area contributed by atoms with Gasteiger partial charge in [-0.1, -0.05) is 0 Å². The Morgan fingerprint density at radius 3 is 2.00 bits per heavy atom. The zero-order valence-corrected chi connectivity index (χ0v) is 26.5. The maximum absolute atomic E-state index is 2.66. The van der Waals surface area contributed by atoms with Crippen LogP contribution >= 0.6 is 0 Å². The van der Waals surface area contributed by atoms with Crippen molar-refractivity contribution in [2.45, 2.75) is 84.5 Å². The summed E-state index contributed by atoms with van der Waals surface area (Å²) in [6.45, 7) is 14.2. The number of rotatable bonds is 2. The van der Waals surface area contributed by atoms with E-state index < -0.39 is 21.3 Å². The van der Waals surface area contributed by atoms with Crippen molar-refractivity contribution in [3.05, 3.63) is 74.1 Å². The molecule has 3 aliphatic rings. The molecule has 0 spiro atoms. The first-order chi connectivity index (χ1) is 14.6. The van der Waals surface area contributed by atoms with Crippen LogP contribution in [0.3, 0.4) is 0 Å². The third-order valence-electron chi connectivity index (χ3n) is 7.42. The Bertz CT molecular complexity index is 1160. The van der Waals surface area contributed by atoms with E-state index in [0.717, 1.165) is 6.42 Å². The first kappa shape index (κ1) is 27.2. The van der Waals surface area contributed by atoms with E-state index in [1.54, 1.807) is 17.7 Å². The van der Waals surface area contributed by atoms with Gasteiger partial charge in [-0.25, -0.2) is 0 Å². The molecule has 5 rings (SSSR count). The van der Waals surface area contributed by atoms with Crippen LogP contribution in [0.5, 0.6) is 0 Å². The van der Waals surface area contributed by atoms with Crippen molar-refractivity contribution in [1.29, 1.82) is 0 Å². The van der Waals surface area contributed by atoms with E-state index in [1.807, 2.05) is 3.21 Å². The van der Waals surface area contributed by atoms with E-state index >= 15 is 0 Å². The largest absolute Gasteiger partial charge is 1.00 e. The van der Waals surface area contributed by atoms with Crippen molar-refractivity contribution in [2.24, 2.45) is 0 Å². The molecule has 0 radical (unpaired) electrons. The van der Waals surface area contributed by atoms with Crippen molar-refractivity contribution >= 4 is 6.48 Å². The minimum Gasteiger partial charge on any atom is -1.00 e. The third kappa shape index (κ3) is 5.12. The van der Waals surface area contributed by atoms with Crippen molar-refractivity contribution < 1.29 is 55.2 Å². The fourth-order valence-corrected chi connectivity index (χ4v) is 13.7. The number of hydrogen-bond acceptors (Lipinski definition) is 0. The molecule has 33 heavy (non-hydrogen) atoms. The van der Waals surface area contributed by atoms with Crippen LogP contribution in [-0.4, -0.2) is 3.21 Å². The molecule has 0 N–H and O–H groups in total. The molecule has 0 unspecified atom stereocenters. The zero-order valence-electron chi connectivity index (χ0n) is 20.9. The summed E-state index contributed by atoms with van der Waals surface area (Å²) in [5, 5.41) is 0. The Hall–Kier alpha value is -0.367. The first-order valence-corrected chi connectivity index (χ1v) is 15.7. The monoisotopic (exact) mass is 644 g/mol. The summed E-state index contributed by atoms with van der Waals surface area (Å²) in [4.78, 5) is 0. The van der Waals surface area contributed by atoms with E-state index in [9.17, 15) is 0 Å². The van der Waals surface area contributed by atoms with Gasteiger partial charge >= 0.3 is 197 Å². The molecule has 3 aliphatic carbocycles. The molecule has 2 aromatic carbocycles. The molecule has 0 atom stereocenters. The predicted molar refractivity (Wildman–Crippen MR) is 132 cm³/mol. The standard InChI is InChI=1S/C21H25.C5H5.C4H6.2BrH.Zr/c1-20(2,3)16-9-7-14-11-15-8-10-17(21(4,5)6)13-19(15)18(14)12-16;1-2-4-5-3-1;1-2-4-3-1;;;/h7,9-10,12-13H,11H2,1-6H3;1-3H,4H2;1-3H2;2*1H;/q;;;;;+2/p-2. The summed E-state index contributed by atoms with van der Waals surface area (Å²) in [6, 6.07) is 12.5. The van der Waals surface area contributed by atoms with Crippen LogP contribution in [0.1, 0.15) is 89.5 Å². The average molecular weight is 648 g/mol. The van der Waals surface area contributed by atoms with Gasteiger partial charge in [-0.2, -0.15) is 0 Å². The molecule has 0 aliphatic heterocycles. The van der Waals surface area contributed by atoms with Crippen LogP contribution in [0.2, 0.25) is 0 Å². The Labute approximate surface area is 229 Å². The first-order valence-electron chi connectivity index (χ1n) is 12.0. The molecular weight excluding hydrogens is 611 g/mol. The molecule has 0 heterocycles. The fourth-order valence-electron chi connectivity index (χ4n) is 5.22. The molecule has 0 nitrogen and oxygen atoms in total. The summed E-state index contributed by atoms with van der Waals surface area (Å²) in [5.41, 5.74) is 9.62. The summed E-state index contributed by atoms with van der Waals surface area (Å²) in [6.07, 6.45) is 13.7. The van der Waals surface area contributed by atoms with Crippen LogP contribution in [0.15, 0.2) is 51.8 Å². The van der Waals surface area contributed by atoms with Gasteiger partial charge in [-0.05, 0) is 0 Å². The van der Waals surface area contributed by atoms with E-state index in [4.69, 9.17) is 0 Å². The van der Waals surface area contributed by atoms with E-state index in [0.29, 0.717) is 0 Å². The molecule has 0 saturated heterocycles. The number of allylic oxidation sites excluding steroid dienone is 4. The fraction of sp³-hybridized carbons (Fsp3) is 0.433. The van der Waals surface area contributed by atoms with Crippen LogP contribution in [-0.2, 0) is 38.5 Å². The van der Waals surface area contributed by atoms with Crippen molar-refractivity contribution in [3.8, 4) is 11.1 Å². The molecule has 1 fully saturated rings. The molecule has 2 aromatic rings. The number of benzene rings is 2. The van der Waals surface area contributed by atoms with Gasteiger partial charge in [-0.3, -0.25) is 0 Å². The molecule has 1 saturated carbocycles. The van der Waals surface area contributed by atoms with Gasteiger partial charge in [0.25, 0.3) is 0 Å². The second-order valence-corrected chi connectivity index (χ2v) is 18.2.